The molecule has 0 aliphatic heterocycles. The summed E-state index contributed by atoms with van der Waals surface area (Å²) in [6.07, 6.45) is -1.51. The number of aromatic nitrogens is 1. The minimum atomic E-state index is -1.51. The van der Waals surface area contributed by atoms with Gasteiger partial charge in [-0.15, -0.1) is 11.3 Å². The van der Waals surface area contributed by atoms with Crippen molar-refractivity contribution >= 4 is 33.2 Å². The number of carbonyl (C=O) groups is 1. The Morgan fingerprint density at radius 3 is 2.82 bits per heavy atom. The number of carboxylic acid groups (broad SMARTS) is 1. The summed E-state index contributed by atoms with van der Waals surface area (Å²) in [5.41, 5.74) is 0. The van der Waals surface area contributed by atoms with Gasteiger partial charge in [0, 0.05) is 5.38 Å². The van der Waals surface area contributed by atoms with E-state index in [4.69, 9.17) is 10.2 Å². The molecule has 1 atom stereocenters. The molecule has 0 aliphatic carbocycles. The zero-order chi connectivity index (χ0) is 8.43. The van der Waals surface area contributed by atoms with Crippen molar-refractivity contribution in [2.24, 2.45) is 0 Å². The molecule has 1 unspecified atom stereocenters. The predicted molar refractivity (Wildman–Crippen MR) is 42.4 cm³/mol. The summed E-state index contributed by atoms with van der Waals surface area (Å²) in [5.74, 6) is -1.29. The molecule has 60 valence electrons. The zero-order valence-electron chi connectivity index (χ0n) is 5.19. The lowest BCUT2D eigenvalue weighted by atomic mass is 10.4. The number of halogens is 1. The monoisotopic (exact) mass is 237 g/mol. The van der Waals surface area contributed by atoms with E-state index in [-0.39, 0.29) is 5.01 Å². The van der Waals surface area contributed by atoms with Gasteiger partial charge in [0.05, 0.1) is 0 Å². The highest BCUT2D eigenvalue weighted by Crippen LogP contribution is 2.21. The Morgan fingerprint density at radius 2 is 2.45 bits per heavy atom. The highest BCUT2D eigenvalue weighted by Gasteiger charge is 2.18. The topological polar surface area (TPSA) is 70.4 Å². The second-order valence-electron chi connectivity index (χ2n) is 1.75. The van der Waals surface area contributed by atoms with Crippen molar-refractivity contribution in [1.29, 1.82) is 0 Å². The third-order valence-corrected chi connectivity index (χ3v) is 2.57. The standard InChI is InChI=1S/C5H4BrNO3S/c6-2-1-11-4(7-2)3(8)5(9)10/h1,3,8H,(H,9,10). The van der Waals surface area contributed by atoms with E-state index in [9.17, 15) is 4.79 Å². The average molecular weight is 238 g/mol. The van der Waals surface area contributed by atoms with E-state index in [1.165, 1.54) is 0 Å². The molecule has 6 heteroatoms. The maximum atomic E-state index is 10.2. The van der Waals surface area contributed by atoms with Crippen LogP contribution in [0.2, 0.25) is 0 Å². The molecule has 0 saturated carbocycles. The molecule has 0 fully saturated rings. The number of aliphatic carboxylic acids is 1. The van der Waals surface area contributed by atoms with Crippen LogP contribution in [0.15, 0.2) is 9.98 Å². The van der Waals surface area contributed by atoms with Crippen molar-refractivity contribution in [2.75, 3.05) is 0 Å². The van der Waals surface area contributed by atoms with Crippen molar-refractivity contribution in [1.82, 2.24) is 4.98 Å². The highest BCUT2D eigenvalue weighted by molar-refractivity contribution is 9.10. The second kappa shape index (κ2) is 3.29. The molecule has 0 amide bonds. The molecule has 0 aliphatic rings. The van der Waals surface area contributed by atoms with Gasteiger partial charge in [0.15, 0.2) is 0 Å². The first-order valence-corrected chi connectivity index (χ1v) is 4.30. The summed E-state index contributed by atoms with van der Waals surface area (Å²) in [7, 11) is 0. The molecule has 1 aromatic rings. The van der Waals surface area contributed by atoms with Crippen LogP contribution < -0.4 is 0 Å². The summed E-state index contributed by atoms with van der Waals surface area (Å²) >= 11 is 4.14. The van der Waals surface area contributed by atoms with Gasteiger partial charge >= 0.3 is 5.97 Å². The Hall–Kier alpha value is -0.460. The normalized spacial score (nSPS) is 12.9. The van der Waals surface area contributed by atoms with Gasteiger partial charge in [-0.05, 0) is 15.9 Å². The molecule has 0 radical (unpaired) electrons. The number of thiazole rings is 1. The lowest BCUT2D eigenvalue weighted by Crippen LogP contribution is -2.09. The fraction of sp³-hybridized carbons (Fsp3) is 0.200. The number of nitrogens with zero attached hydrogens (tertiary/aromatic N) is 1. The van der Waals surface area contributed by atoms with Crippen LogP contribution in [-0.4, -0.2) is 21.2 Å². The predicted octanol–water partition coefficient (Wildman–Crippen LogP) is 1.02. The maximum Gasteiger partial charge on any atom is 0.339 e. The summed E-state index contributed by atoms with van der Waals surface area (Å²) in [6.45, 7) is 0. The molecule has 0 aromatic carbocycles. The van der Waals surface area contributed by atoms with Crippen LogP contribution in [0.4, 0.5) is 0 Å². The fourth-order valence-electron chi connectivity index (χ4n) is 0.498. The molecule has 0 saturated heterocycles. The minimum absolute atomic E-state index is 0.185. The van der Waals surface area contributed by atoms with E-state index in [0.717, 1.165) is 11.3 Å². The van der Waals surface area contributed by atoms with Crippen LogP contribution >= 0.6 is 27.3 Å². The van der Waals surface area contributed by atoms with Crippen LogP contribution in [0, 0.1) is 0 Å². The number of hydrogen-bond acceptors (Lipinski definition) is 4. The highest BCUT2D eigenvalue weighted by atomic mass is 79.9. The minimum Gasteiger partial charge on any atom is -0.479 e. The van der Waals surface area contributed by atoms with E-state index < -0.39 is 12.1 Å². The number of rotatable bonds is 2. The largest absolute Gasteiger partial charge is 0.479 e. The van der Waals surface area contributed by atoms with Crippen molar-refractivity contribution < 1.29 is 15.0 Å². The van der Waals surface area contributed by atoms with Gasteiger partial charge in [-0.1, -0.05) is 0 Å². The molecule has 0 bridgehead atoms. The zero-order valence-corrected chi connectivity index (χ0v) is 7.59. The van der Waals surface area contributed by atoms with Gasteiger partial charge in [0.2, 0.25) is 6.10 Å². The van der Waals surface area contributed by atoms with Gasteiger partial charge in [0.25, 0.3) is 0 Å². The van der Waals surface area contributed by atoms with Crippen LogP contribution in [0.3, 0.4) is 0 Å². The number of aliphatic hydroxyl groups excluding tert-OH is 1. The lowest BCUT2D eigenvalue weighted by Gasteiger charge is -1.97. The van der Waals surface area contributed by atoms with Crippen molar-refractivity contribution in [2.45, 2.75) is 6.10 Å². The molecular weight excluding hydrogens is 234 g/mol. The molecule has 2 N–H and O–H groups in total. The van der Waals surface area contributed by atoms with Crippen LogP contribution in [0.25, 0.3) is 0 Å². The van der Waals surface area contributed by atoms with E-state index in [2.05, 4.69) is 20.9 Å². The van der Waals surface area contributed by atoms with Crippen molar-refractivity contribution in [3.63, 3.8) is 0 Å². The third-order valence-electron chi connectivity index (χ3n) is 0.962. The summed E-state index contributed by atoms with van der Waals surface area (Å²) in [5, 5.41) is 19.1. The fourth-order valence-corrected chi connectivity index (χ4v) is 1.74. The summed E-state index contributed by atoms with van der Waals surface area (Å²) in [6, 6.07) is 0. The first-order valence-electron chi connectivity index (χ1n) is 2.63. The first kappa shape index (κ1) is 8.63. The molecule has 1 aromatic heterocycles. The van der Waals surface area contributed by atoms with Crippen LogP contribution in [0.5, 0.6) is 0 Å². The smallest absolute Gasteiger partial charge is 0.339 e. The van der Waals surface area contributed by atoms with Gasteiger partial charge in [0.1, 0.15) is 9.61 Å². The molecule has 11 heavy (non-hydrogen) atoms. The molecule has 1 rings (SSSR count). The average Bonchev–Trinajstić information content (AvgIpc) is 2.34. The summed E-state index contributed by atoms with van der Waals surface area (Å²) < 4.78 is 0.540. The van der Waals surface area contributed by atoms with E-state index in [1.54, 1.807) is 5.38 Å². The molecule has 4 nitrogen and oxygen atoms in total. The summed E-state index contributed by atoms with van der Waals surface area (Å²) in [4.78, 5) is 13.9. The van der Waals surface area contributed by atoms with Gasteiger partial charge < -0.3 is 10.2 Å². The third kappa shape index (κ3) is 1.98. The molecule has 1 heterocycles. The molecular formula is C5H4BrNO3S. The lowest BCUT2D eigenvalue weighted by molar-refractivity contribution is -0.146. The Labute approximate surface area is 74.6 Å². The Morgan fingerprint density at radius 1 is 1.82 bits per heavy atom. The SMILES string of the molecule is O=C(O)C(O)c1nc(Br)cs1. The molecule has 0 spiro atoms. The Bertz CT molecular complexity index is 274. The van der Waals surface area contributed by atoms with E-state index >= 15 is 0 Å². The Kier molecular flexibility index (Phi) is 2.58. The number of carboxylic acids is 1. The second-order valence-corrected chi connectivity index (χ2v) is 3.45. The van der Waals surface area contributed by atoms with E-state index in [0.29, 0.717) is 4.60 Å². The number of hydrogen-bond donors (Lipinski definition) is 2. The van der Waals surface area contributed by atoms with Gasteiger partial charge in [-0.3, -0.25) is 0 Å². The van der Waals surface area contributed by atoms with Gasteiger partial charge in [-0.25, -0.2) is 9.78 Å². The maximum absolute atomic E-state index is 10.2. The van der Waals surface area contributed by atoms with Gasteiger partial charge in [-0.2, -0.15) is 0 Å². The van der Waals surface area contributed by atoms with Crippen molar-refractivity contribution in [3.05, 3.63) is 15.0 Å². The van der Waals surface area contributed by atoms with E-state index in [1.807, 2.05) is 0 Å². The van der Waals surface area contributed by atoms with Crippen LogP contribution in [-0.2, 0) is 4.79 Å². The van der Waals surface area contributed by atoms with Crippen LogP contribution in [0.1, 0.15) is 11.1 Å². The number of aliphatic hydroxyl groups is 1. The van der Waals surface area contributed by atoms with Crippen molar-refractivity contribution in [3.8, 4) is 0 Å². The first-order chi connectivity index (χ1) is 5.11. The quantitative estimate of drug-likeness (QED) is 0.806. The Balaban J connectivity index is 2.84.